The van der Waals surface area contributed by atoms with Crippen LogP contribution in [0.5, 0.6) is 0 Å². The number of unbranched alkanes of at least 4 members (excludes halogenated alkanes) is 3. The Labute approximate surface area is 155 Å². The molecule has 4 nitrogen and oxygen atoms in total. The van der Waals surface area contributed by atoms with Crippen LogP contribution in [0.25, 0.3) is 0 Å². The summed E-state index contributed by atoms with van der Waals surface area (Å²) in [6.07, 6.45) is 5.42. The highest BCUT2D eigenvalue weighted by atomic mass is 28.2. The van der Waals surface area contributed by atoms with Crippen LogP contribution < -0.4 is 0 Å². The molecule has 0 saturated heterocycles. The number of rotatable bonds is 19. The van der Waals surface area contributed by atoms with Gasteiger partial charge in [-0.25, -0.2) is 0 Å². The Hall–Kier alpha value is 0.274. The Balaban J connectivity index is 3.38. The number of hydrogen-bond acceptors (Lipinski definition) is 4. The van der Waals surface area contributed by atoms with E-state index in [1.807, 2.05) is 27.7 Å². The van der Waals surface area contributed by atoms with Crippen molar-refractivity contribution in [3.63, 3.8) is 0 Å². The fourth-order valence-electron chi connectivity index (χ4n) is 2.37. The summed E-state index contributed by atoms with van der Waals surface area (Å²) in [6, 6.07) is 4.74. The Morgan fingerprint density at radius 1 is 0.542 bits per heavy atom. The van der Waals surface area contributed by atoms with Gasteiger partial charge >= 0.3 is 0 Å². The van der Waals surface area contributed by atoms with Crippen LogP contribution in [0.1, 0.15) is 53.4 Å². The summed E-state index contributed by atoms with van der Waals surface area (Å²) in [5, 5.41) is 0. The average molecular weight is 375 g/mol. The van der Waals surface area contributed by atoms with E-state index >= 15 is 0 Å². The van der Waals surface area contributed by atoms with Gasteiger partial charge in [-0.3, -0.25) is 0 Å². The highest BCUT2D eigenvalue weighted by molar-refractivity contribution is 6.35. The van der Waals surface area contributed by atoms with Gasteiger partial charge in [-0.15, -0.1) is 0 Å². The smallest absolute Gasteiger partial charge is 0.154 e. The van der Waals surface area contributed by atoms with E-state index in [1.54, 1.807) is 0 Å². The summed E-state index contributed by atoms with van der Waals surface area (Å²) >= 11 is 0. The van der Waals surface area contributed by atoms with Gasteiger partial charge in [-0.05, 0) is 39.8 Å². The van der Waals surface area contributed by atoms with Crippen LogP contribution in [0, 0.1) is 0 Å². The van der Waals surface area contributed by atoms with Crippen LogP contribution in [0.3, 0.4) is 0 Å². The predicted octanol–water partition coefficient (Wildman–Crippen LogP) is 4.43. The molecule has 0 unspecified atom stereocenters. The second-order valence-electron chi connectivity index (χ2n) is 5.50. The van der Waals surface area contributed by atoms with Crippen molar-refractivity contribution in [3.05, 3.63) is 0 Å². The molecule has 0 bridgehead atoms. The predicted molar refractivity (Wildman–Crippen MR) is 103 cm³/mol. The Morgan fingerprint density at radius 2 is 0.875 bits per heavy atom. The summed E-state index contributed by atoms with van der Waals surface area (Å²) < 4.78 is 22.3. The minimum atomic E-state index is 0.0168. The third-order valence-corrected chi connectivity index (χ3v) is 6.15. The lowest BCUT2D eigenvalue weighted by atomic mass is 10.2. The van der Waals surface area contributed by atoms with Crippen LogP contribution in [-0.2, 0) is 18.9 Å². The molecule has 0 atom stereocenters. The second-order valence-corrected chi connectivity index (χ2v) is 8.32. The molecular formula is C18H38O4Si2. The van der Waals surface area contributed by atoms with Crippen molar-refractivity contribution in [2.75, 3.05) is 26.4 Å². The maximum absolute atomic E-state index is 5.57. The zero-order valence-electron chi connectivity index (χ0n) is 16.3. The van der Waals surface area contributed by atoms with Gasteiger partial charge in [0, 0.05) is 45.5 Å². The zero-order chi connectivity index (χ0) is 17.9. The molecule has 142 valence electrons. The molecule has 0 aliphatic carbocycles. The average Bonchev–Trinajstić information content (AvgIpc) is 2.57. The molecule has 0 rings (SSSR count). The normalized spacial score (nSPS) is 11.8. The van der Waals surface area contributed by atoms with E-state index in [0.717, 1.165) is 57.6 Å². The molecule has 0 aromatic rings. The summed E-state index contributed by atoms with van der Waals surface area (Å²) in [7, 11) is 1.92. The van der Waals surface area contributed by atoms with Crippen molar-refractivity contribution < 1.29 is 18.9 Å². The van der Waals surface area contributed by atoms with Crippen molar-refractivity contribution in [2.45, 2.75) is 90.1 Å². The van der Waals surface area contributed by atoms with Crippen molar-refractivity contribution in [2.24, 2.45) is 0 Å². The van der Waals surface area contributed by atoms with E-state index in [9.17, 15) is 0 Å². The third-order valence-electron chi connectivity index (χ3n) is 3.49. The van der Waals surface area contributed by atoms with Gasteiger partial charge < -0.3 is 18.9 Å². The van der Waals surface area contributed by atoms with Crippen molar-refractivity contribution in [1.29, 1.82) is 0 Å². The van der Waals surface area contributed by atoms with Gasteiger partial charge in [0.15, 0.2) is 12.6 Å². The Kier molecular flexibility index (Phi) is 19.8. The maximum Gasteiger partial charge on any atom is 0.154 e. The Morgan fingerprint density at radius 3 is 1.17 bits per heavy atom. The summed E-state index contributed by atoms with van der Waals surface area (Å²) in [4.78, 5) is 0. The number of hydrogen-bond donors (Lipinski definition) is 0. The highest BCUT2D eigenvalue weighted by Gasteiger charge is 2.08. The molecule has 0 aliphatic heterocycles. The first-order valence-electron chi connectivity index (χ1n) is 9.66. The molecule has 0 spiro atoms. The summed E-state index contributed by atoms with van der Waals surface area (Å²) in [5.41, 5.74) is 0. The minimum Gasteiger partial charge on any atom is -0.353 e. The molecule has 0 aromatic heterocycles. The molecule has 24 heavy (non-hydrogen) atoms. The van der Waals surface area contributed by atoms with E-state index in [1.165, 1.54) is 37.8 Å². The lowest BCUT2D eigenvalue weighted by Crippen LogP contribution is -2.19. The largest absolute Gasteiger partial charge is 0.353 e. The van der Waals surface area contributed by atoms with Gasteiger partial charge in [-0.1, -0.05) is 37.8 Å². The second kappa shape index (κ2) is 19.6. The Bertz CT molecular complexity index is 209. The van der Waals surface area contributed by atoms with Crippen LogP contribution in [0.2, 0.25) is 24.2 Å². The quantitative estimate of drug-likeness (QED) is 0.190. The van der Waals surface area contributed by atoms with Crippen LogP contribution >= 0.6 is 0 Å². The minimum absolute atomic E-state index is 0.0168. The lowest BCUT2D eigenvalue weighted by Gasteiger charge is -2.16. The van der Waals surface area contributed by atoms with E-state index in [2.05, 4.69) is 0 Å². The molecule has 0 N–H and O–H groups in total. The van der Waals surface area contributed by atoms with Crippen molar-refractivity contribution >= 4 is 19.0 Å². The van der Waals surface area contributed by atoms with Crippen LogP contribution in [-0.4, -0.2) is 58.0 Å². The maximum atomic E-state index is 5.57. The fourth-order valence-corrected chi connectivity index (χ4v) is 4.72. The summed E-state index contributed by atoms with van der Waals surface area (Å²) in [6.45, 7) is 11.1. The topological polar surface area (TPSA) is 36.9 Å². The molecule has 4 radical (unpaired) electrons. The molecule has 6 heteroatoms. The van der Waals surface area contributed by atoms with Crippen LogP contribution in [0.15, 0.2) is 0 Å². The standard InChI is InChI=1S/C18H38O4Si2/c1-5-19-17(20-6-2)15-23-13-11-9-10-12-14-24-16-18(21-7-3)22-8-4/h17-18H,5-16H2,1-4H3. The third kappa shape index (κ3) is 15.8. The molecule has 0 heterocycles. The molecule has 0 aliphatic rings. The lowest BCUT2D eigenvalue weighted by molar-refractivity contribution is -0.123. The van der Waals surface area contributed by atoms with E-state index in [4.69, 9.17) is 18.9 Å². The van der Waals surface area contributed by atoms with Crippen molar-refractivity contribution in [3.8, 4) is 0 Å². The van der Waals surface area contributed by atoms with Crippen molar-refractivity contribution in [1.82, 2.24) is 0 Å². The van der Waals surface area contributed by atoms with E-state index < -0.39 is 0 Å². The zero-order valence-corrected chi connectivity index (χ0v) is 18.3. The first kappa shape index (κ1) is 24.3. The van der Waals surface area contributed by atoms with E-state index in [-0.39, 0.29) is 12.6 Å². The molecule has 0 amide bonds. The highest BCUT2D eigenvalue weighted by Crippen LogP contribution is 2.10. The first-order valence-corrected chi connectivity index (χ1v) is 12.5. The molecule has 0 aromatic carbocycles. The number of ether oxygens (including phenoxy) is 4. The monoisotopic (exact) mass is 374 g/mol. The first-order chi connectivity index (χ1) is 11.8. The van der Waals surface area contributed by atoms with Gasteiger partial charge in [0.1, 0.15) is 0 Å². The van der Waals surface area contributed by atoms with Gasteiger partial charge in [-0.2, -0.15) is 0 Å². The summed E-state index contributed by atoms with van der Waals surface area (Å²) in [5.74, 6) is 0. The van der Waals surface area contributed by atoms with Gasteiger partial charge in [0.25, 0.3) is 0 Å². The van der Waals surface area contributed by atoms with E-state index in [0.29, 0.717) is 0 Å². The molecule has 0 fully saturated rings. The molecular weight excluding hydrogens is 336 g/mol. The van der Waals surface area contributed by atoms with Crippen LogP contribution in [0.4, 0.5) is 0 Å². The SMILES string of the molecule is CCOC(C[Si]CCCCCC[Si]CC(OCC)OCC)OCC. The fraction of sp³-hybridized carbons (Fsp3) is 1.00. The molecule has 0 saturated carbocycles. The van der Waals surface area contributed by atoms with Gasteiger partial charge in [0.05, 0.1) is 0 Å². The van der Waals surface area contributed by atoms with Gasteiger partial charge in [0.2, 0.25) is 0 Å².